The van der Waals surface area contributed by atoms with Crippen LogP contribution in [0.4, 0.5) is 11.4 Å². The van der Waals surface area contributed by atoms with Crippen molar-refractivity contribution in [3.05, 3.63) is 32.8 Å². The van der Waals surface area contributed by atoms with Crippen molar-refractivity contribution in [3.63, 3.8) is 0 Å². The zero-order valence-corrected chi connectivity index (χ0v) is 12.5. The number of anilines is 1. The van der Waals surface area contributed by atoms with Gasteiger partial charge in [-0.05, 0) is 48.4 Å². The maximum absolute atomic E-state index is 10.7. The SMILES string of the molecule is CN1CCCCC1CNc1ccc([N+](=O)[O-])cc1Br. The lowest BCUT2D eigenvalue weighted by atomic mass is 10.0. The second kappa shape index (κ2) is 6.34. The standard InChI is InChI=1S/C13H18BrN3O2/c1-16-7-3-2-4-11(16)9-15-13-6-5-10(17(18)19)8-12(13)14/h5-6,8,11,15H,2-4,7,9H2,1H3. The van der Waals surface area contributed by atoms with E-state index in [0.717, 1.165) is 23.2 Å². The maximum atomic E-state index is 10.7. The first kappa shape index (κ1) is 14.3. The van der Waals surface area contributed by atoms with E-state index in [1.807, 2.05) is 0 Å². The number of rotatable bonds is 4. The molecule has 0 aromatic heterocycles. The van der Waals surface area contributed by atoms with Gasteiger partial charge in [0, 0.05) is 34.9 Å². The zero-order chi connectivity index (χ0) is 13.8. The van der Waals surface area contributed by atoms with E-state index in [1.54, 1.807) is 6.07 Å². The van der Waals surface area contributed by atoms with Gasteiger partial charge in [-0.3, -0.25) is 10.1 Å². The number of likely N-dealkylation sites (tertiary alicyclic amines) is 1. The Morgan fingerprint density at radius 2 is 2.32 bits per heavy atom. The van der Waals surface area contributed by atoms with Gasteiger partial charge < -0.3 is 10.2 Å². The highest BCUT2D eigenvalue weighted by Crippen LogP contribution is 2.27. The molecule has 1 aliphatic rings. The molecule has 0 aliphatic carbocycles. The van der Waals surface area contributed by atoms with E-state index in [2.05, 4.69) is 33.2 Å². The predicted octanol–water partition coefficient (Wildman–Crippen LogP) is 3.25. The second-order valence-corrected chi connectivity index (χ2v) is 5.79. The Hall–Kier alpha value is -1.14. The third-order valence-electron chi connectivity index (χ3n) is 3.61. The average molecular weight is 328 g/mol. The fraction of sp³-hybridized carbons (Fsp3) is 0.538. The van der Waals surface area contributed by atoms with Crippen LogP contribution in [0, 0.1) is 10.1 Å². The highest BCUT2D eigenvalue weighted by atomic mass is 79.9. The highest BCUT2D eigenvalue weighted by Gasteiger charge is 2.18. The predicted molar refractivity (Wildman–Crippen MR) is 79.6 cm³/mol. The van der Waals surface area contributed by atoms with Crippen LogP contribution >= 0.6 is 15.9 Å². The van der Waals surface area contributed by atoms with E-state index in [1.165, 1.54) is 31.4 Å². The Morgan fingerprint density at radius 1 is 1.53 bits per heavy atom. The number of nitrogens with one attached hydrogen (secondary N) is 1. The average Bonchev–Trinajstić information content (AvgIpc) is 2.39. The van der Waals surface area contributed by atoms with Gasteiger partial charge in [0.25, 0.3) is 5.69 Å². The lowest BCUT2D eigenvalue weighted by molar-refractivity contribution is -0.384. The van der Waals surface area contributed by atoms with Crippen LogP contribution in [0.25, 0.3) is 0 Å². The number of piperidine rings is 1. The number of non-ortho nitro benzene ring substituents is 1. The molecule has 1 aliphatic heterocycles. The third kappa shape index (κ3) is 3.67. The van der Waals surface area contributed by atoms with E-state index in [-0.39, 0.29) is 10.6 Å². The van der Waals surface area contributed by atoms with Gasteiger partial charge in [-0.2, -0.15) is 0 Å². The smallest absolute Gasteiger partial charge is 0.270 e. The highest BCUT2D eigenvalue weighted by molar-refractivity contribution is 9.10. The quantitative estimate of drug-likeness (QED) is 0.681. The Kier molecular flexibility index (Phi) is 4.76. The number of nitro benzene ring substituents is 1. The Balaban J connectivity index is 1.97. The first-order chi connectivity index (χ1) is 9.08. The Labute approximate surface area is 121 Å². The fourth-order valence-electron chi connectivity index (χ4n) is 2.39. The molecule has 0 radical (unpaired) electrons. The molecule has 0 spiro atoms. The number of likely N-dealkylation sites (N-methyl/N-ethyl adjacent to an activating group) is 1. The van der Waals surface area contributed by atoms with Crippen LogP contribution in [0.1, 0.15) is 19.3 Å². The van der Waals surface area contributed by atoms with Crippen LogP contribution in [-0.2, 0) is 0 Å². The summed E-state index contributed by atoms with van der Waals surface area (Å²) in [5.74, 6) is 0. The molecule has 0 saturated carbocycles. The van der Waals surface area contributed by atoms with E-state index >= 15 is 0 Å². The minimum absolute atomic E-state index is 0.104. The molecule has 0 amide bonds. The minimum atomic E-state index is -0.385. The molecule has 1 aromatic rings. The van der Waals surface area contributed by atoms with Crippen molar-refractivity contribution in [1.82, 2.24) is 4.90 Å². The summed E-state index contributed by atoms with van der Waals surface area (Å²) in [7, 11) is 2.15. The van der Waals surface area contributed by atoms with Crippen molar-refractivity contribution in [2.45, 2.75) is 25.3 Å². The molecule has 2 rings (SSSR count). The number of halogens is 1. The van der Waals surface area contributed by atoms with Crippen LogP contribution in [0.15, 0.2) is 22.7 Å². The molecule has 1 atom stereocenters. The van der Waals surface area contributed by atoms with Gasteiger partial charge in [-0.1, -0.05) is 6.42 Å². The number of benzene rings is 1. The lowest BCUT2D eigenvalue weighted by Crippen LogP contribution is -2.40. The van der Waals surface area contributed by atoms with Crippen molar-refractivity contribution in [2.24, 2.45) is 0 Å². The van der Waals surface area contributed by atoms with Crippen molar-refractivity contribution in [1.29, 1.82) is 0 Å². The molecule has 1 N–H and O–H groups in total. The normalized spacial score (nSPS) is 20.2. The molecule has 1 unspecified atom stereocenters. The summed E-state index contributed by atoms with van der Waals surface area (Å²) < 4.78 is 0.736. The van der Waals surface area contributed by atoms with Crippen LogP contribution < -0.4 is 5.32 Å². The number of nitro groups is 1. The van der Waals surface area contributed by atoms with Crippen LogP contribution in [0.3, 0.4) is 0 Å². The Morgan fingerprint density at radius 3 is 2.95 bits per heavy atom. The van der Waals surface area contributed by atoms with Gasteiger partial charge in [-0.15, -0.1) is 0 Å². The summed E-state index contributed by atoms with van der Waals surface area (Å²) in [6, 6.07) is 5.35. The maximum Gasteiger partial charge on any atom is 0.270 e. The topological polar surface area (TPSA) is 58.4 Å². The van der Waals surface area contributed by atoms with Gasteiger partial charge in [0.2, 0.25) is 0 Å². The molecule has 1 heterocycles. The summed E-state index contributed by atoms with van der Waals surface area (Å²) in [6.07, 6.45) is 3.75. The Bertz CT molecular complexity index is 467. The van der Waals surface area contributed by atoms with Crippen LogP contribution in [0.2, 0.25) is 0 Å². The van der Waals surface area contributed by atoms with Crippen LogP contribution in [0.5, 0.6) is 0 Å². The van der Waals surface area contributed by atoms with E-state index in [4.69, 9.17) is 0 Å². The molecule has 1 saturated heterocycles. The zero-order valence-electron chi connectivity index (χ0n) is 10.9. The van der Waals surface area contributed by atoms with E-state index in [9.17, 15) is 10.1 Å². The summed E-state index contributed by atoms with van der Waals surface area (Å²) in [6.45, 7) is 2.01. The molecule has 6 heteroatoms. The third-order valence-corrected chi connectivity index (χ3v) is 4.27. The fourth-order valence-corrected chi connectivity index (χ4v) is 2.90. The van der Waals surface area contributed by atoms with E-state index < -0.39 is 0 Å². The van der Waals surface area contributed by atoms with Crippen molar-refractivity contribution in [2.75, 3.05) is 25.5 Å². The van der Waals surface area contributed by atoms with Crippen LogP contribution in [-0.4, -0.2) is 36.0 Å². The molecule has 5 nitrogen and oxygen atoms in total. The molecule has 104 valence electrons. The molecule has 19 heavy (non-hydrogen) atoms. The molecule has 1 aromatic carbocycles. The first-order valence-electron chi connectivity index (χ1n) is 6.46. The van der Waals surface area contributed by atoms with Crippen molar-refractivity contribution < 1.29 is 4.92 Å². The first-order valence-corrected chi connectivity index (χ1v) is 7.25. The second-order valence-electron chi connectivity index (χ2n) is 4.93. The van der Waals surface area contributed by atoms with Gasteiger partial charge >= 0.3 is 0 Å². The minimum Gasteiger partial charge on any atom is -0.383 e. The number of nitrogens with zero attached hydrogens (tertiary/aromatic N) is 2. The lowest BCUT2D eigenvalue weighted by Gasteiger charge is -2.32. The van der Waals surface area contributed by atoms with Gasteiger partial charge in [0.05, 0.1) is 4.92 Å². The number of hydrogen-bond donors (Lipinski definition) is 1. The summed E-state index contributed by atoms with van der Waals surface area (Å²) in [4.78, 5) is 12.7. The summed E-state index contributed by atoms with van der Waals surface area (Å²) >= 11 is 3.38. The van der Waals surface area contributed by atoms with E-state index in [0.29, 0.717) is 6.04 Å². The molecular weight excluding hydrogens is 310 g/mol. The van der Waals surface area contributed by atoms with Gasteiger partial charge in [-0.25, -0.2) is 0 Å². The van der Waals surface area contributed by atoms with Crippen molar-refractivity contribution in [3.8, 4) is 0 Å². The van der Waals surface area contributed by atoms with Gasteiger partial charge in [0.15, 0.2) is 0 Å². The molecular formula is C13H18BrN3O2. The molecule has 1 fully saturated rings. The summed E-state index contributed by atoms with van der Waals surface area (Å²) in [5.41, 5.74) is 1.01. The van der Waals surface area contributed by atoms with Crippen molar-refractivity contribution >= 4 is 27.3 Å². The number of hydrogen-bond acceptors (Lipinski definition) is 4. The largest absolute Gasteiger partial charge is 0.383 e. The monoisotopic (exact) mass is 327 g/mol. The van der Waals surface area contributed by atoms with Gasteiger partial charge in [0.1, 0.15) is 0 Å². The molecule has 0 bridgehead atoms. The summed E-state index contributed by atoms with van der Waals surface area (Å²) in [5, 5.41) is 14.0.